The van der Waals surface area contributed by atoms with E-state index in [9.17, 15) is 4.79 Å². The summed E-state index contributed by atoms with van der Waals surface area (Å²) < 4.78 is 2.08. The van der Waals surface area contributed by atoms with Gasteiger partial charge in [0.15, 0.2) is 5.82 Å². The highest BCUT2D eigenvalue weighted by Crippen LogP contribution is 2.32. The van der Waals surface area contributed by atoms with Crippen molar-refractivity contribution in [1.29, 1.82) is 0 Å². The summed E-state index contributed by atoms with van der Waals surface area (Å²) in [5.74, 6) is 0.923. The highest BCUT2D eigenvalue weighted by atomic mass is 16.1. The van der Waals surface area contributed by atoms with E-state index in [0.717, 1.165) is 60.1 Å². The quantitative estimate of drug-likeness (QED) is 0.314. The first kappa shape index (κ1) is 25.3. The molecule has 4 aromatic rings. The van der Waals surface area contributed by atoms with Crippen molar-refractivity contribution in [2.75, 3.05) is 6.54 Å². The minimum Gasteiger partial charge on any atom is -0.321 e. The molecule has 194 valence electrons. The van der Waals surface area contributed by atoms with Crippen molar-refractivity contribution in [2.24, 2.45) is 0 Å². The van der Waals surface area contributed by atoms with E-state index in [1.165, 1.54) is 30.4 Å². The van der Waals surface area contributed by atoms with Crippen LogP contribution in [0.5, 0.6) is 0 Å². The maximum atomic E-state index is 13.2. The molecule has 2 aromatic carbocycles. The smallest absolute Gasteiger partial charge is 0.252 e. The number of nitrogens with one attached hydrogen (secondary N) is 1. The number of aromatic amines is 1. The average Bonchev–Trinajstić information content (AvgIpc) is 3.39. The summed E-state index contributed by atoms with van der Waals surface area (Å²) in [6.07, 6.45) is 7.76. The Kier molecular flexibility index (Phi) is 7.79. The fourth-order valence-corrected chi connectivity index (χ4v) is 5.86. The second-order valence-corrected chi connectivity index (χ2v) is 10.6. The van der Waals surface area contributed by atoms with Crippen molar-refractivity contribution in [1.82, 2.24) is 30.1 Å². The molecule has 0 bridgehead atoms. The first-order valence-electron chi connectivity index (χ1n) is 13.7. The first-order chi connectivity index (χ1) is 18.0. The molecular formula is C30H38N6O. The highest BCUT2D eigenvalue weighted by Gasteiger charge is 2.29. The molecule has 0 unspecified atom stereocenters. The minimum absolute atomic E-state index is 0.0225. The van der Waals surface area contributed by atoms with Crippen molar-refractivity contribution in [3.8, 4) is 0 Å². The van der Waals surface area contributed by atoms with Crippen molar-refractivity contribution < 1.29 is 0 Å². The van der Waals surface area contributed by atoms with Gasteiger partial charge in [0.1, 0.15) is 0 Å². The van der Waals surface area contributed by atoms with Crippen LogP contribution in [0.25, 0.3) is 10.9 Å². The number of para-hydroxylation sites is 1. The van der Waals surface area contributed by atoms with Crippen molar-refractivity contribution >= 4 is 10.9 Å². The monoisotopic (exact) mass is 498 g/mol. The maximum absolute atomic E-state index is 13.2. The topological polar surface area (TPSA) is 79.7 Å². The zero-order valence-corrected chi connectivity index (χ0v) is 22.3. The number of H-pyrrole nitrogens is 1. The van der Waals surface area contributed by atoms with Crippen LogP contribution in [-0.4, -0.2) is 36.6 Å². The van der Waals surface area contributed by atoms with E-state index in [2.05, 4.69) is 80.3 Å². The number of nitrogens with zero attached hydrogens (tertiary/aromatic N) is 5. The van der Waals surface area contributed by atoms with Gasteiger partial charge in [-0.2, -0.15) is 0 Å². The molecule has 1 aliphatic carbocycles. The molecule has 7 nitrogen and oxygen atoms in total. The van der Waals surface area contributed by atoms with Crippen LogP contribution in [0.3, 0.4) is 0 Å². The number of pyridine rings is 1. The number of rotatable bonds is 9. The summed E-state index contributed by atoms with van der Waals surface area (Å²) in [5, 5.41) is 14.2. The van der Waals surface area contributed by atoms with Crippen LogP contribution < -0.4 is 5.56 Å². The van der Waals surface area contributed by atoms with Gasteiger partial charge in [0, 0.05) is 18.7 Å². The normalized spacial score (nSPS) is 15.5. The first-order valence-corrected chi connectivity index (χ1v) is 13.7. The summed E-state index contributed by atoms with van der Waals surface area (Å²) in [6, 6.07) is 17.3. The lowest BCUT2D eigenvalue weighted by molar-refractivity contribution is 0.165. The van der Waals surface area contributed by atoms with Gasteiger partial charge in [-0.25, -0.2) is 4.68 Å². The molecule has 7 heteroatoms. The zero-order valence-electron chi connectivity index (χ0n) is 22.3. The van der Waals surface area contributed by atoms with Crippen LogP contribution in [0.15, 0.2) is 53.3 Å². The number of benzene rings is 2. The molecule has 1 N–H and O–H groups in total. The van der Waals surface area contributed by atoms with Gasteiger partial charge in [0.25, 0.3) is 5.56 Å². The Balaban J connectivity index is 1.49. The van der Waals surface area contributed by atoms with E-state index in [1.54, 1.807) is 0 Å². The number of hydrogen-bond acceptors (Lipinski definition) is 5. The second-order valence-electron chi connectivity index (χ2n) is 10.6. The molecule has 5 rings (SSSR count). The summed E-state index contributed by atoms with van der Waals surface area (Å²) in [4.78, 5) is 18.8. The zero-order chi connectivity index (χ0) is 25.8. The van der Waals surface area contributed by atoms with E-state index in [1.807, 2.05) is 19.1 Å². The number of aromatic nitrogens is 5. The molecule has 0 saturated heterocycles. The lowest BCUT2D eigenvalue weighted by Crippen LogP contribution is -2.35. The molecule has 0 amide bonds. The lowest BCUT2D eigenvalue weighted by Gasteiger charge is -2.32. The molecule has 37 heavy (non-hydrogen) atoms. The van der Waals surface area contributed by atoms with Gasteiger partial charge in [-0.05, 0) is 72.5 Å². The molecule has 1 saturated carbocycles. The fraction of sp³-hybridized carbons (Fsp3) is 0.467. The van der Waals surface area contributed by atoms with Crippen LogP contribution in [0, 0.1) is 13.8 Å². The third-order valence-corrected chi connectivity index (χ3v) is 7.87. The van der Waals surface area contributed by atoms with E-state index < -0.39 is 0 Å². The van der Waals surface area contributed by atoms with Gasteiger partial charge in [-0.15, -0.1) is 5.10 Å². The Morgan fingerprint density at radius 3 is 2.68 bits per heavy atom. The Morgan fingerprint density at radius 1 is 1.08 bits per heavy atom. The van der Waals surface area contributed by atoms with Crippen LogP contribution in [0.4, 0.5) is 0 Å². The summed E-state index contributed by atoms with van der Waals surface area (Å²) in [5.41, 5.74) is 5.31. The van der Waals surface area contributed by atoms with E-state index >= 15 is 0 Å². The van der Waals surface area contributed by atoms with Gasteiger partial charge in [-0.3, -0.25) is 9.69 Å². The Labute approximate surface area is 218 Å². The number of aryl methyl sites for hydroxylation is 2. The number of hydrogen-bond donors (Lipinski definition) is 1. The average molecular weight is 499 g/mol. The third kappa shape index (κ3) is 5.67. The molecule has 1 aliphatic rings. The van der Waals surface area contributed by atoms with Crippen molar-refractivity contribution in [2.45, 2.75) is 84.3 Å². The Bertz CT molecular complexity index is 1400. The van der Waals surface area contributed by atoms with Gasteiger partial charge in [0.2, 0.25) is 0 Å². The van der Waals surface area contributed by atoms with Crippen LogP contribution >= 0.6 is 0 Å². The molecule has 1 atom stereocenters. The van der Waals surface area contributed by atoms with E-state index in [4.69, 9.17) is 0 Å². The third-order valence-electron chi connectivity index (χ3n) is 7.87. The summed E-state index contributed by atoms with van der Waals surface area (Å²) >= 11 is 0. The highest BCUT2D eigenvalue weighted by molar-refractivity contribution is 5.81. The lowest BCUT2D eigenvalue weighted by atomic mass is 9.95. The minimum atomic E-state index is -0.0240. The Hall–Kier alpha value is -3.32. The van der Waals surface area contributed by atoms with Gasteiger partial charge in [0.05, 0.1) is 17.6 Å². The predicted molar refractivity (Wildman–Crippen MR) is 148 cm³/mol. The second kappa shape index (κ2) is 11.4. The molecule has 2 aromatic heterocycles. The molecular weight excluding hydrogens is 460 g/mol. The summed E-state index contributed by atoms with van der Waals surface area (Å²) in [7, 11) is 0. The van der Waals surface area contributed by atoms with Crippen molar-refractivity contribution in [3.05, 3.63) is 87.0 Å². The maximum Gasteiger partial charge on any atom is 0.252 e. The molecule has 0 aliphatic heterocycles. The predicted octanol–water partition coefficient (Wildman–Crippen LogP) is 5.83. The largest absolute Gasteiger partial charge is 0.321 e. The molecule has 2 heterocycles. The van der Waals surface area contributed by atoms with Crippen molar-refractivity contribution in [3.63, 3.8) is 0 Å². The molecule has 1 fully saturated rings. The van der Waals surface area contributed by atoms with Gasteiger partial charge >= 0.3 is 0 Å². The standard InChI is InChI=1S/C30H38N6O/c1-4-27(29-32-33-34-36(29)26-14-6-5-7-15-26)35(17-16-23-12-8-10-21(2)18-23)20-25-19-24-13-9-11-22(3)28(24)31-30(25)37/h8-13,18-19,26-27H,4-7,14-17,20H2,1-3H3,(H,31,37)/t27-/m1/s1. The Morgan fingerprint density at radius 2 is 1.89 bits per heavy atom. The number of fused-ring (bicyclic) bond motifs is 1. The van der Waals surface area contributed by atoms with E-state index in [-0.39, 0.29) is 11.6 Å². The van der Waals surface area contributed by atoms with E-state index in [0.29, 0.717) is 12.6 Å². The SMILES string of the molecule is CC[C@H](c1nnnn1C1CCCCC1)N(CCc1cccc(C)c1)Cc1cc2cccc(C)c2[nH]c1=O. The molecule has 0 spiro atoms. The molecule has 0 radical (unpaired) electrons. The van der Waals surface area contributed by atoms with Gasteiger partial charge in [-0.1, -0.05) is 74.2 Å². The van der Waals surface area contributed by atoms with Gasteiger partial charge < -0.3 is 4.98 Å². The fourth-order valence-electron chi connectivity index (χ4n) is 5.86. The van der Waals surface area contributed by atoms with Crippen LogP contribution in [0.2, 0.25) is 0 Å². The number of tetrazole rings is 1. The van der Waals surface area contributed by atoms with Crippen LogP contribution in [-0.2, 0) is 13.0 Å². The summed E-state index contributed by atoms with van der Waals surface area (Å²) in [6.45, 7) is 7.71. The van der Waals surface area contributed by atoms with Crippen LogP contribution in [0.1, 0.15) is 85.6 Å².